The molecule has 1 fully saturated rings. The van der Waals surface area contributed by atoms with Crippen LogP contribution in [0.2, 0.25) is 0 Å². The molecule has 1 aliphatic heterocycles. The van der Waals surface area contributed by atoms with Crippen molar-refractivity contribution in [3.63, 3.8) is 0 Å². The van der Waals surface area contributed by atoms with Gasteiger partial charge in [-0.05, 0) is 48.9 Å². The number of esters is 1. The standard InChI is InChI=1S/C21H21FN4O5S/c1-15-23-20(24-26(15)18-7-5-17(22)6-8-18)21(27)31-14-16-3-2-4-19(13-16)32(28,29)25-9-11-30-12-10-25/h2-8,13H,9-12,14H2,1H3. The van der Waals surface area contributed by atoms with Crippen LogP contribution < -0.4 is 0 Å². The number of sulfonamides is 1. The molecule has 0 saturated carbocycles. The molecule has 0 amide bonds. The Morgan fingerprint density at radius 3 is 2.59 bits per heavy atom. The number of nitrogens with zero attached hydrogens (tertiary/aromatic N) is 4. The summed E-state index contributed by atoms with van der Waals surface area (Å²) in [6.45, 7) is 2.82. The smallest absolute Gasteiger partial charge is 0.378 e. The number of aryl methyl sites for hydroxylation is 1. The second kappa shape index (κ2) is 9.15. The van der Waals surface area contributed by atoms with Crippen molar-refractivity contribution in [3.05, 3.63) is 71.6 Å². The molecule has 4 rings (SSSR count). The van der Waals surface area contributed by atoms with E-state index < -0.39 is 16.0 Å². The summed E-state index contributed by atoms with van der Waals surface area (Å²) in [6, 6.07) is 11.9. The van der Waals surface area contributed by atoms with Crippen LogP contribution in [0.5, 0.6) is 0 Å². The fraction of sp³-hybridized carbons (Fsp3) is 0.286. The maximum atomic E-state index is 13.1. The van der Waals surface area contributed by atoms with Gasteiger partial charge in [0.25, 0.3) is 5.82 Å². The maximum Gasteiger partial charge on any atom is 0.378 e. The Bertz CT molecular complexity index is 1220. The lowest BCUT2D eigenvalue weighted by Gasteiger charge is -2.26. The number of morpholine rings is 1. The normalized spacial score (nSPS) is 14.9. The van der Waals surface area contributed by atoms with Crippen LogP contribution in [-0.2, 0) is 26.1 Å². The fourth-order valence-electron chi connectivity index (χ4n) is 3.25. The predicted octanol–water partition coefficient (Wildman–Crippen LogP) is 2.09. The van der Waals surface area contributed by atoms with Gasteiger partial charge in [0.05, 0.1) is 23.8 Å². The van der Waals surface area contributed by atoms with E-state index in [2.05, 4.69) is 10.1 Å². The Labute approximate surface area is 184 Å². The van der Waals surface area contributed by atoms with Crippen molar-refractivity contribution in [2.45, 2.75) is 18.4 Å². The van der Waals surface area contributed by atoms with E-state index >= 15 is 0 Å². The van der Waals surface area contributed by atoms with E-state index in [9.17, 15) is 17.6 Å². The molecular formula is C21H21FN4O5S. The summed E-state index contributed by atoms with van der Waals surface area (Å²) in [5.41, 5.74) is 1.07. The van der Waals surface area contributed by atoms with Crippen LogP contribution >= 0.6 is 0 Å². The molecule has 0 bridgehead atoms. The first kappa shape index (κ1) is 22.1. The zero-order valence-electron chi connectivity index (χ0n) is 17.3. The van der Waals surface area contributed by atoms with Crippen molar-refractivity contribution in [1.82, 2.24) is 19.1 Å². The molecule has 0 atom stereocenters. The summed E-state index contributed by atoms with van der Waals surface area (Å²) in [7, 11) is -3.65. The lowest BCUT2D eigenvalue weighted by Crippen LogP contribution is -2.40. The number of hydrogen-bond donors (Lipinski definition) is 0. The SMILES string of the molecule is Cc1nc(C(=O)OCc2cccc(S(=O)(=O)N3CCOCC3)c2)nn1-c1ccc(F)cc1. The Morgan fingerprint density at radius 2 is 1.88 bits per heavy atom. The third kappa shape index (κ3) is 4.69. The number of aromatic nitrogens is 3. The summed E-state index contributed by atoms with van der Waals surface area (Å²) in [5, 5.41) is 4.13. The topological polar surface area (TPSA) is 104 Å². The quantitative estimate of drug-likeness (QED) is 0.519. The molecule has 0 N–H and O–H groups in total. The number of rotatable bonds is 6. The number of benzene rings is 2. The van der Waals surface area contributed by atoms with Gasteiger partial charge >= 0.3 is 5.97 Å². The lowest BCUT2D eigenvalue weighted by atomic mass is 10.2. The molecular weight excluding hydrogens is 439 g/mol. The summed E-state index contributed by atoms with van der Waals surface area (Å²) >= 11 is 0. The van der Waals surface area contributed by atoms with Crippen LogP contribution in [0.4, 0.5) is 4.39 Å². The Morgan fingerprint density at radius 1 is 1.16 bits per heavy atom. The molecule has 0 radical (unpaired) electrons. The average molecular weight is 460 g/mol. The van der Waals surface area contributed by atoms with Crippen LogP contribution in [0.3, 0.4) is 0 Å². The molecule has 2 aromatic carbocycles. The minimum atomic E-state index is -3.65. The zero-order chi connectivity index (χ0) is 22.7. The fourth-order valence-corrected chi connectivity index (χ4v) is 4.73. The van der Waals surface area contributed by atoms with Crippen LogP contribution in [0.15, 0.2) is 53.4 Å². The first-order chi connectivity index (χ1) is 15.3. The highest BCUT2D eigenvalue weighted by Gasteiger charge is 2.26. The van der Waals surface area contributed by atoms with E-state index in [4.69, 9.17) is 9.47 Å². The van der Waals surface area contributed by atoms with Crippen molar-refractivity contribution >= 4 is 16.0 Å². The highest BCUT2D eigenvalue weighted by Crippen LogP contribution is 2.19. The molecule has 0 spiro atoms. The molecule has 0 unspecified atom stereocenters. The molecule has 1 saturated heterocycles. The average Bonchev–Trinajstić information content (AvgIpc) is 3.20. The van der Waals surface area contributed by atoms with Crippen molar-refractivity contribution in [3.8, 4) is 5.69 Å². The molecule has 32 heavy (non-hydrogen) atoms. The Kier molecular flexibility index (Phi) is 6.31. The van der Waals surface area contributed by atoms with Gasteiger partial charge in [-0.1, -0.05) is 12.1 Å². The number of halogens is 1. The third-order valence-corrected chi connectivity index (χ3v) is 6.79. The van der Waals surface area contributed by atoms with E-state index in [1.165, 1.54) is 45.4 Å². The zero-order valence-corrected chi connectivity index (χ0v) is 18.1. The number of carbonyl (C=O) groups excluding carboxylic acids is 1. The van der Waals surface area contributed by atoms with Gasteiger partial charge in [-0.15, -0.1) is 5.10 Å². The lowest BCUT2D eigenvalue weighted by molar-refractivity contribution is 0.0458. The number of hydrogen-bond acceptors (Lipinski definition) is 7. The summed E-state index contributed by atoms with van der Waals surface area (Å²) in [5.74, 6) is -0.856. The van der Waals surface area contributed by atoms with E-state index in [1.54, 1.807) is 19.1 Å². The molecule has 1 aliphatic rings. The van der Waals surface area contributed by atoms with E-state index in [0.717, 1.165) is 0 Å². The monoisotopic (exact) mass is 460 g/mol. The first-order valence-corrected chi connectivity index (χ1v) is 11.3. The Hall–Kier alpha value is -3.15. The molecule has 168 valence electrons. The van der Waals surface area contributed by atoms with Gasteiger partial charge in [-0.25, -0.2) is 27.3 Å². The van der Waals surface area contributed by atoms with Crippen molar-refractivity contribution in [2.24, 2.45) is 0 Å². The molecule has 2 heterocycles. The summed E-state index contributed by atoms with van der Waals surface area (Å²) in [4.78, 5) is 16.7. The third-order valence-electron chi connectivity index (χ3n) is 4.90. The van der Waals surface area contributed by atoms with Crippen LogP contribution in [0, 0.1) is 12.7 Å². The minimum Gasteiger partial charge on any atom is -0.455 e. The maximum absolute atomic E-state index is 13.1. The predicted molar refractivity (Wildman–Crippen MR) is 111 cm³/mol. The van der Waals surface area contributed by atoms with Crippen LogP contribution in [0.1, 0.15) is 22.0 Å². The van der Waals surface area contributed by atoms with Gasteiger partial charge in [0, 0.05) is 13.1 Å². The molecule has 0 aliphatic carbocycles. The minimum absolute atomic E-state index is 0.127. The second-order valence-electron chi connectivity index (χ2n) is 7.11. The molecule has 11 heteroatoms. The second-order valence-corrected chi connectivity index (χ2v) is 9.05. The highest BCUT2D eigenvalue weighted by atomic mass is 32.2. The van der Waals surface area contributed by atoms with Crippen LogP contribution in [-0.4, -0.2) is 59.8 Å². The van der Waals surface area contributed by atoms with Gasteiger partial charge in [0.15, 0.2) is 0 Å². The highest BCUT2D eigenvalue weighted by molar-refractivity contribution is 7.89. The van der Waals surface area contributed by atoms with Crippen molar-refractivity contribution < 1.29 is 27.1 Å². The molecule has 3 aromatic rings. The largest absolute Gasteiger partial charge is 0.455 e. The number of ether oxygens (including phenoxy) is 2. The van der Waals surface area contributed by atoms with Gasteiger partial charge in [0.2, 0.25) is 10.0 Å². The van der Waals surface area contributed by atoms with E-state index in [0.29, 0.717) is 43.4 Å². The van der Waals surface area contributed by atoms with E-state index in [1.807, 2.05) is 0 Å². The molecule has 9 nitrogen and oxygen atoms in total. The number of carbonyl (C=O) groups is 1. The van der Waals surface area contributed by atoms with E-state index in [-0.39, 0.29) is 23.1 Å². The van der Waals surface area contributed by atoms with Gasteiger partial charge in [0.1, 0.15) is 18.2 Å². The van der Waals surface area contributed by atoms with Crippen LogP contribution in [0.25, 0.3) is 5.69 Å². The summed E-state index contributed by atoms with van der Waals surface area (Å²) < 4.78 is 52.0. The Balaban J connectivity index is 1.45. The summed E-state index contributed by atoms with van der Waals surface area (Å²) in [6.07, 6.45) is 0. The first-order valence-electron chi connectivity index (χ1n) is 9.88. The molecule has 1 aromatic heterocycles. The van der Waals surface area contributed by atoms with Gasteiger partial charge in [-0.2, -0.15) is 4.31 Å². The van der Waals surface area contributed by atoms with Crippen molar-refractivity contribution in [2.75, 3.05) is 26.3 Å². The van der Waals surface area contributed by atoms with Gasteiger partial charge in [-0.3, -0.25) is 0 Å². The van der Waals surface area contributed by atoms with Gasteiger partial charge < -0.3 is 9.47 Å². The van der Waals surface area contributed by atoms with Crippen molar-refractivity contribution in [1.29, 1.82) is 0 Å².